The fourth-order valence-electron chi connectivity index (χ4n) is 3.51. The van der Waals surface area contributed by atoms with Crippen LogP contribution in [0.2, 0.25) is 0 Å². The van der Waals surface area contributed by atoms with Crippen LogP contribution in [0.5, 0.6) is 0 Å². The molecule has 2 aliphatic rings. The van der Waals surface area contributed by atoms with Crippen LogP contribution in [0.4, 0.5) is 0 Å². The van der Waals surface area contributed by atoms with Crippen molar-refractivity contribution in [2.45, 2.75) is 60.5 Å². The highest BCUT2D eigenvalue weighted by atomic mass is 16.5. The van der Waals surface area contributed by atoms with Crippen molar-refractivity contribution < 1.29 is 14.3 Å². The SMILES string of the molecule is C/C=C/CC1=C(C)[C@@H](OC(=O)C2[C@@H](C=C(C)C)C2(C)C)CC1=O. The van der Waals surface area contributed by atoms with Gasteiger partial charge in [-0.15, -0.1) is 0 Å². The van der Waals surface area contributed by atoms with Gasteiger partial charge in [0.05, 0.1) is 12.3 Å². The molecule has 0 heterocycles. The zero-order valence-electron chi connectivity index (χ0n) is 15.1. The molecule has 0 aromatic heterocycles. The lowest BCUT2D eigenvalue weighted by Gasteiger charge is -2.13. The predicted octanol–water partition coefficient (Wildman–Crippen LogP) is 4.39. The molecule has 0 aromatic carbocycles. The molecule has 3 heteroatoms. The van der Waals surface area contributed by atoms with Crippen molar-refractivity contribution in [3.63, 3.8) is 0 Å². The van der Waals surface area contributed by atoms with E-state index < -0.39 is 0 Å². The lowest BCUT2D eigenvalue weighted by molar-refractivity contribution is -0.150. The second-order valence-corrected chi connectivity index (χ2v) is 7.56. The summed E-state index contributed by atoms with van der Waals surface area (Å²) >= 11 is 0. The summed E-state index contributed by atoms with van der Waals surface area (Å²) in [4.78, 5) is 24.7. The number of hydrogen-bond acceptors (Lipinski definition) is 3. The summed E-state index contributed by atoms with van der Waals surface area (Å²) in [6.07, 6.45) is 6.61. The highest BCUT2D eigenvalue weighted by molar-refractivity contribution is 6.00. The van der Waals surface area contributed by atoms with Gasteiger partial charge in [0.25, 0.3) is 0 Å². The lowest BCUT2D eigenvalue weighted by atomic mass is 10.1. The van der Waals surface area contributed by atoms with E-state index in [0.29, 0.717) is 12.8 Å². The summed E-state index contributed by atoms with van der Waals surface area (Å²) in [6.45, 7) is 12.1. The molecule has 23 heavy (non-hydrogen) atoms. The molecule has 0 spiro atoms. The number of rotatable bonds is 5. The van der Waals surface area contributed by atoms with Crippen molar-refractivity contribution in [3.05, 3.63) is 34.9 Å². The van der Waals surface area contributed by atoms with Crippen LogP contribution in [0, 0.1) is 17.3 Å². The van der Waals surface area contributed by atoms with Crippen LogP contribution in [0.15, 0.2) is 34.9 Å². The quantitative estimate of drug-likeness (QED) is 0.558. The van der Waals surface area contributed by atoms with E-state index in [1.165, 1.54) is 5.57 Å². The van der Waals surface area contributed by atoms with E-state index in [0.717, 1.165) is 11.1 Å². The molecular weight excluding hydrogens is 288 g/mol. The third-order valence-corrected chi connectivity index (χ3v) is 5.16. The first-order chi connectivity index (χ1) is 10.7. The zero-order valence-corrected chi connectivity index (χ0v) is 15.1. The molecule has 1 saturated carbocycles. The molecule has 0 bridgehead atoms. The lowest BCUT2D eigenvalue weighted by Crippen LogP contribution is -2.20. The summed E-state index contributed by atoms with van der Waals surface area (Å²) in [5, 5.41) is 0. The van der Waals surface area contributed by atoms with Crippen LogP contribution >= 0.6 is 0 Å². The first-order valence-corrected chi connectivity index (χ1v) is 8.39. The number of ketones is 1. The van der Waals surface area contributed by atoms with Crippen LogP contribution in [0.1, 0.15) is 54.4 Å². The topological polar surface area (TPSA) is 43.4 Å². The minimum absolute atomic E-state index is 0.0532. The second kappa shape index (κ2) is 6.46. The van der Waals surface area contributed by atoms with Crippen molar-refractivity contribution in [1.29, 1.82) is 0 Å². The Bertz CT molecular complexity index is 600. The highest BCUT2D eigenvalue weighted by Gasteiger charge is 2.61. The molecule has 0 amide bonds. The molecule has 0 N–H and O–H groups in total. The molecule has 2 rings (SSSR count). The molecule has 0 saturated heterocycles. The Morgan fingerprint density at radius 3 is 2.57 bits per heavy atom. The molecule has 2 aliphatic carbocycles. The van der Waals surface area contributed by atoms with Crippen molar-refractivity contribution >= 4 is 11.8 Å². The third kappa shape index (κ3) is 3.49. The van der Waals surface area contributed by atoms with Crippen molar-refractivity contribution in [2.24, 2.45) is 17.3 Å². The van der Waals surface area contributed by atoms with E-state index in [1.807, 2.05) is 39.8 Å². The minimum Gasteiger partial charge on any atom is -0.457 e. The average Bonchev–Trinajstić information content (AvgIpc) is 2.86. The molecule has 3 nitrogen and oxygen atoms in total. The van der Waals surface area contributed by atoms with E-state index in [4.69, 9.17) is 4.74 Å². The first-order valence-electron chi connectivity index (χ1n) is 8.39. The van der Waals surface area contributed by atoms with Crippen molar-refractivity contribution in [1.82, 2.24) is 0 Å². The van der Waals surface area contributed by atoms with E-state index in [1.54, 1.807) is 0 Å². The van der Waals surface area contributed by atoms with Gasteiger partial charge in [0.15, 0.2) is 5.78 Å². The smallest absolute Gasteiger partial charge is 0.310 e. The van der Waals surface area contributed by atoms with Crippen LogP contribution in [-0.4, -0.2) is 17.9 Å². The number of carbonyl (C=O) groups excluding carboxylic acids is 2. The molecule has 0 aliphatic heterocycles. The number of Topliss-reactive ketones (excluding diaryl/α,β-unsaturated/α-hetero) is 1. The van der Waals surface area contributed by atoms with Crippen molar-refractivity contribution in [2.75, 3.05) is 0 Å². The fraction of sp³-hybridized carbons (Fsp3) is 0.600. The summed E-state index contributed by atoms with van der Waals surface area (Å²) in [5.41, 5.74) is 2.89. The minimum atomic E-state index is -0.376. The van der Waals surface area contributed by atoms with Gasteiger partial charge in [0.1, 0.15) is 6.10 Å². The molecule has 1 fully saturated rings. The Kier molecular flexibility index (Phi) is 4.98. The zero-order chi connectivity index (χ0) is 17.4. The maximum atomic E-state index is 12.5. The number of ether oxygens (including phenoxy) is 1. The normalized spacial score (nSPS) is 29.1. The van der Waals surface area contributed by atoms with Crippen molar-refractivity contribution in [3.8, 4) is 0 Å². The molecule has 0 aromatic rings. The van der Waals surface area contributed by atoms with E-state index >= 15 is 0 Å². The summed E-state index contributed by atoms with van der Waals surface area (Å²) in [7, 11) is 0. The molecule has 3 atom stereocenters. The van der Waals surface area contributed by atoms with Gasteiger partial charge >= 0.3 is 5.97 Å². The Balaban J connectivity index is 2.06. The molecular formula is C20H28O3. The molecule has 1 unspecified atom stereocenters. The van der Waals surface area contributed by atoms with Crippen LogP contribution < -0.4 is 0 Å². The number of esters is 1. The Morgan fingerprint density at radius 2 is 2.00 bits per heavy atom. The third-order valence-electron chi connectivity index (χ3n) is 5.16. The maximum Gasteiger partial charge on any atom is 0.310 e. The van der Waals surface area contributed by atoms with Gasteiger partial charge in [-0.1, -0.05) is 37.6 Å². The largest absolute Gasteiger partial charge is 0.457 e. The molecule has 0 radical (unpaired) electrons. The second-order valence-electron chi connectivity index (χ2n) is 7.56. The standard InChI is InChI=1S/C20H28O3/c1-7-8-9-14-13(4)17(11-16(14)21)23-19(22)18-15(10-12(2)3)20(18,5)6/h7-8,10,15,17-18H,9,11H2,1-6H3/b8-7+/t15-,17+,18?/m1/s1. The highest BCUT2D eigenvalue weighted by Crippen LogP contribution is 2.60. The summed E-state index contributed by atoms with van der Waals surface area (Å²) < 4.78 is 5.70. The average molecular weight is 316 g/mol. The maximum absolute atomic E-state index is 12.5. The van der Waals surface area contributed by atoms with Gasteiger partial charge in [0, 0.05) is 5.57 Å². The summed E-state index contributed by atoms with van der Waals surface area (Å²) in [6, 6.07) is 0. The Hall–Kier alpha value is -1.64. The Labute approximate surface area is 139 Å². The fourth-order valence-corrected chi connectivity index (χ4v) is 3.51. The van der Waals surface area contributed by atoms with Crippen LogP contribution in [0.25, 0.3) is 0 Å². The van der Waals surface area contributed by atoms with Gasteiger partial charge < -0.3 is 4.74 Å². The van der Waals surface area contributed by atoms with Crippen LogP contribution in [-0.2, 0) is 14.3 Å². The first kappa shape index (κ1) is 17.7. The van der Waals surface area contributed by atoms with Gasteiger partial charge in [-0.05, 0) is 51.0 Å². The van der Waals surface area contributed by atoms with Gasteiger partial charge in [0.2, 0.25) is 0 Å². The number of carbonyl (C=O) groups is 2. The monoisotopic (exact) mass is 316 g/mol. The van der Waals surface area contributed by atoms with Gasteiger partial charge in [-0.25, -0.2) is 0 Å². The van der Waals surface area contributed by atoms with E-state index in [2.05, 4.69) is 19.9 Å². The number of hydrogen-bond donors (Lipinski definition) is 0. The van der Waals surface area contributed by atoms with E-state index in [9.17, 15) is 9.59 Å². The van der Waals surface area contributed by atoms with Gasteiger partial charge in [-0.2, -0.15) is 0 Å². The van der Waals surface area contributed by atoms with Gasteiger partial charge in [-0.3, -0.25) is 9.59 Å². The number of allylic oxidation sites excluding steroid dienone is 5. The van der Waals surface area contributed by atoms with Crippen LogP contribution in [0.3, 0.4) is 0 Å². The van der Waals surface area contributed by atoms with E-state index in [-0.39, 0.29) is 35.1 Å². The Morgan fingerprint density at radius 1 is 1.35 bits per heavy atom. The summed E-state index contributed by atoms with van der Waals surface area (Å²) in [5.74, 6) is 0.0833. The predicted molar refractivity (Wildman–Crippen MR) is 91.8 cm³/mol. The molecule has 126 valence electrons.